The highest BCUT2D eigenvalue weighted by Crippen LogP contribution is 2.30. The number of alkyl halides is 3. The van der Waals surface area contributed by atoms with Crippen molar-refractivity contribution in [3.8, 4) is 0 Å². The van der Waals surface area contributed by atoms with Crippen LogP contribution in [0.4, 0.5) is 19.0 Å². The molecule has 2 fully saturated rings. The molecule has 0 spiro atoms. The van der Waals surface area contributed by atoms with Gasteiger partial charge in [-0.05, 0) is 31.4 Å². The second-order valence-corrected chi connectivity index (χ2v) is 9.45. The SMILES string of the molecule is CN(C1CCCCC1)S(=O)(=O)N1CCCN(c2ccc(C(F)(F)F)cn2)CC1. The van der Waals surface area contributed by atoms with Crippen LogP contribution in [0.15, 0.2) is 18.3 Å². The Kier molecular flexibility index (Phi) is 6.51. The molecule has 1 saturated carbocycles. The van der Waals surface area contributed by atoms with Gasteiger partial charge in [0.1, 0.15) is 5.82 Å². The lowest BCUT2D eigenvalue weighted by atomic mass is 9.96. The molecular formula is C18H27F3N4O2S. The van der Waals surface area contributed by atoms with E-state index in [9.17, 15) is 21.6 Å². The summed E-state index contributed by atoms with van der Waals surface area (Å²) in [4.78, 5) is 5.78. The molecule has 6 nitrogen and oxygen atoms in total. The van der Waals surface area contributed by atoms with Gasteiger partial charge in [0, 0.05) is 45.5 Å². The van der Waals surface area contributed by atoms with E-state index in [1.807, 2.05) is 4.90 Å². The minimum atomic E-state index is -4.42. The lowest BCUT2D eigenvalue weighted by Gasteiger charge is -2.34. The molecule has 1 aliphatic carbocycles. The lowest BCUT2D eigenvalue weighted by molar-refractivity contribution is -0.137. The van der Waals surface area contributed by atoms with Crippen LogP contribution in [0.2, 0.25) is 0 Å². The highest BCUT2D eigenvalue weighted by atomic mass is 32.2. The monoisotopic (exact) mass is 420 g/mol. The maximum Gasteiger partial charge on any atom is 0.417 e. The van der Waals surface area contributed by atoms with Gasteiger partial charge in [0.2, 0.25) is 0 Å². The first-order valence-electron chi connectivity index (χ1n) is 9.71. The van der Waals surface area contributed by atoms with E-state index in [4.69, 9.17) is 0 Å². The summed E-state index contributed by atoms with van der Waals surface area (Å²) in [6.45, 7) is 1.65. The van der Waals surface area contributed by atoms with E-state index >= 15 is 0 Å². The molecule has 1 aliphatic heterocycles. The van der Waals surface area contributed by atoms with Crippen molar-refractivity contribution in [2.45, 2.75) is 50.7 Å². The fraction of sp³-hybridized carbons (Fsp3) is 0.722. The van der Waals surface area contributed by atoms with Gasteiger partial charge in [0.15, 0.2) is 0 Å². The maximum atomic E-state index is 13.0. The van der Waals surface area contributed by atoms with Gasteiger partial charge in [-0.1, -0.05) is 19.3 Å². The summed E-state index contributed by atoms with van der Waals surface area (Å²) in [7, 11) is -1.89. The normalized spacial score (nSPS) is 21.1. The zero-order chi connectivity index (χ0) is 20.4. The molecule has 0 radical (unpaired) electrons. The number of hydrogen-bond donors (Lipinski definition) is 0. The predicted molar refractivity (Wildman–Crippen MR) is 101 cm³/mol. The van der Waals surface area contributed by atoms with Crippen LogP contribution in [0.25, 0.3) is 0 Å². The predicted octanol–water partition coefficient (Wildman–Crippen LogP) is 3.12. The maximum absolute atomic E-state index is 13.0. The van der Waals surface area contributed by atoms with E-state index in [-0.39, 0.29) is 6.04 Å². The average Bonchev–Trinajstić information content (AvgIpc) is 2.94. The van der Waals surface area contributed by atoms with Crippen molar-refractivity contribution < 1.29 is 21.6 Å². The first-order valence-corrected chi connectivity index (χ1v) is 11.1. The van der Waals surface area contributed by atoms with Crippen LogP contribution in [-0.4, -0.2) is 61.3 Å². The van der Waals surface area contributed by atoms with Gasteiger partial charge >= 0.3 is 6.18 Å². The van der Waals surface area contributed by atoms with E-state index in [1.165, 1.54) is 14.7 Å². The zero-order valence-corrected chi connectivity index (χ0v) is 16.8. The summed E-state index contributed by atoms with van der Waals surface area (Å²) in [5, 5.41) is 0. The molecule has 0 aromatic carbocycles. The molecule has 3 rings (SSSR count). The number of pyridine rings is 1. The Balaban J connectivity index is 1.65. The fourth-order valence-corrected chi connectivity index (χ4v) is 5.53. The molecule has 0 bridgehead atoms. The first kappa shape index (κ1) is 21.3. The molecular weight excluding hydrogens is 393 g/mol. The van der Waals surface area contributed by atoms with E-state index in [0.29, 0.717) is 38.4 Å². The number of anilines is 1. The highest BCUT2D eigenvalue weighted by molar-refractivity contribution is 7.86. The van der Waals surface area contributed by atoms with Crippen LogP contribution in [0.5, 0.6) is 0 Å². The minimum absolute atomic E-state index is 0.0506. The van der Waals surface area contributed by atoms with Gasteiger partial charge in [0.25, 0.3) is 10.2 Å². The Labute approximate surface area is 164 Å². The molecule has 28 heavy (non-hydrogen) atoms. The van der Waals surface area contributed by atoms with Gasteiger partial charge < -0.3 is 4.90 Å². The van der Waals surface area contributed by atoms with E-state index < -0.39 is 21.9 Å². The second-order valence-electron chi connectivity index (χ2n) is 7.46. The summed E-state index contributed by atoms with van der Waals surface area (Å²) >= 11 is 0. The fourth-order valence-electron chi connectivity index (χ4n) is 3.91. The van der Waals surface area contributed by atoms with Gasteiger partial charge in [-0.3, -0.25) is 0 Å². The van der Waals surface area contributed by atoms with Crippen LogP contribution in [0, 0.1) is 0 Å². The van der Waals surface area contributed by atoms with Crippen LogP contribution in [0.1, 0.15) is 44.1 Å². The third-order valence-corrected chi connectivity index (χ3v) is 7.68. The molecule has 0 N–H and O–H groups in total. The molecule has 1 saturated heterocycles. The molecule has 0 atom stereocenters. The van der Waals surface area contributed by atoms with Crippen molar-refractivity contribution in [2.75, 3.05) is 38.1 Å². The Morgan fingerprint density at radius 2 is 1.75 bits per heavy atom. The van der Waals surface area contributed by atoms with Crippen LogP contribution in [0.3, 0.4) is 0 Å². The third-order valence-electron chi connectivity index (χ3n) is 5.63. The van der Waals surface area contributed by atoms with Gasteiger partial charge in [0.05, 0.1) is 5.56 Å². The number of hydrogen-bond acceptors (Lipinski definition) is 4. The number of halogens is 3. The van der Waals surface area contributed by atoms with Gasteiger partial charge in [-0.2, -0.15) is 30.2 Å². The number of rotatable bonds is 4. The minimum Gasteiger partial charge on any atom is -0.355 e. The van der Waals surface area contributed by atoms with Crippen molar-refractivity contribution in [2.24, 2.45) is 0 Å². The smallest absolute Gasteiger partial charge is 0.355 e. The van der Waals surface area contributed by atoms with Crippen LogP contribution >= 0.6 is 0 Å². The molecule has 1 aromatic heterocycles. The van der Waals surface area contributed by atoms with E-state index in [1.54, 1.807) is 7.05 Å². The van der Waals surface area contributed by atoms with E-state index in [0.717, 1.165) is 44.4 Å². The van der Waals surface area contributed by atoms with Crippen molar-refractivity contribution in [1.82, 2.24) is 13.6 Å². The molecule has 2 heterocycles. The Morgan fingerprint density at radius 3 is 2.36 bits per heavy atom. The molecule has 10 heteroatoms. The molecule has 0 amide bonds. The first-order chi connectivity index (χ1) is 13.2. The molecule has 158 valence electrons. The Morgan fingerprint density at radius 1 is 1.04 bits per heavy atom. The standard InChI is InChI=1S/C18H27F3N4O2S/c1-23(16-6-3-2-4-7-16)28(26,27)25-11-5-10-24(12-13-25)17-9-8-15(14-22-17)18(19,20)21/h8-9,14,16H,2-7,10-13H2,1H3. The highest BCUT2D eigenvalue weighted by Gasteiger charge is 2.34. The summed E-state index contributed by atoms with van der Waals surface area (Å²) in [5.74, 6) is 0.438. The van der Waals surface area contributed by atoms with Crippen molar-refractivity contribution >= 4 is 16.0 Å². The third kappa shape index (κ3) is 4.77. The topological polar surface area (TPSA) is 56.8 Å². The Bertz CT molecular complexity index is 749. The molecule has 2 aliphatic rings. The van der Waals surface area contributed by atoms with E-state index in [2.05, 4.69) is 4.98 Å². The summed E-state index contributed by atoms with van der Waals surface area (Å²) < 4.78 is 67.2. The van der Waals surface area contributed by atoms with Crippen molar-refractivity contribution in [3.05, 3.63) is 23.9 Å². The summed E-state index contributed by atoms with van der Waals surface area (Å²) in [6, 6.07) is 2.41. The largest absolute Gasteiger partial charge is 0.417 e. The zero-order valence-electron chi connectivity index (χ0n) is 16.0. The van der Waals surface area contributed by atoms with Crippen LogP contribution < -0.4 is 4.90 Å². The van der Waals surface area contributed by atoms with Gasteiger partial charge in [-0.15, -0.1) is 0 Å². The molecule has 0 unspecified atom stereocenters. The second kappa shape index (κ2) is 8.54. The van der Waals surface area contributed by atoms with Crippen molar-refractivity contribution in [3.63, 3.8) is 0 Å². The Hall–Kier alpha value is -1.39. The lowest BCUT2D eigenvalue weighted by Crippen LogP contribution is -2.48. The summed E-state index contributed by atoms with van der Waals surface area (Å²) in [5.41, 5.74) is -0.788. The van der Waals surface area contributed by atoms with Crippen molar-refractivity contribution in [1.29, 1.82) is 0 Å². The number of nitrogens with zero attached hydrogens (tertiary/aromatic N) is 4. The van der Waals surface area contributed by atoms with Crippen LogP contribution in [-0.2, 0) is 16.4 Å². The van der Waals surface area contributed by atoms with Gasteiger partial charge in [-0.25, -0.2) is 4.98 Å². The average molecular weight is 421 g/mol. The molecule has 1 aromatic rings. The summed E-state index contributed by atoms with van der Waals surface area (Å²) in [6.07, 6.45) is 2.06. The quantitative estimate of drug-likeness (QED) is 0.751. The number of aromatic nitrogens is 1.